The molecule has 180 valence electrons. The average molecular weight is 468 g/mol. The molecule has 0 aliphatic rings. The molecular formula is C26H29NO7. The van der Waals surface area contributed by atoms with Crippen molar-refractivity contribution in [3.8, 4) is 11.5 Å². The van der Waals surface area contributed by atoms with Crippen molar-refractivity contribution in [2.75, 3.05) is 7.11 Å². The summed E-state index contributed by atoms with van der Waals surface area (Å²) in [6.45, 7) is 0. The van der Waals surface area contributed by atoms with Crippen LogP contribution >= 0.6 is 0 Å². The normalized spacial score (nSPS) is 12.6. The van der Waals surface area contributed by atoms with Crippen molar-refractivity contribution in [1.29, 1.82) is 0 Å². The predicted octanol–water partition coefficient (Wildman–Crippen LogP) is 5.02. The molecule has 1 heterocycles. The van der Waals surface area contributed by atoms with Crippen LogP contribution in [-0.4, -0.2) is 40.8 Å². The number of hydrogen-bond donors (Lipinski definition) is 2. The number of hydrogen-bond acceptors (Lipinski definition) is 8. The van der Waals surface area contributed by atoms with Crippen LogP contribution in [0, 0.1) is 0 Å². The van der Waals surface area contributed by atoms with E-state index in [1.165, 1.54) is 31.6 Å². The molecule has 0 saturated heterocycles. The second-order valence-corrected chi connectivity index (χ2v) is 7.50. The van der Waals surface area contributed by atoms with Crippen molar-refractivity contribution in [2.24, 2.45) is 0 Å². The summed E-state index contributed by atoms with van der Waals surface area (Å²) in [5, 5.41) is 20.7. The zero-order chi connectivity index (χ0) is 24.8. The lowest BCUT2D eigenvalue weighted by Crippen LogP contribution is -2.10. The first kappa shape index (κ1) is 26.3. The minimum atomic E-state index is -0.589. The van der Waals surface area contributed by atoms with Crippen molar-refractivity contribution >= 4 is 18.5 Å². The molecule has 0 amide bonds. The van der Waals surface area contributed by atoms with Crippen LogP contribution < -0.4 is 9.47 Å². The van der Waals surface area contributed by atoms with Crippen LogP contribution in [0.15, 0.2) is 66.4 Å². The fraction of sp³-hybridized carbons (Fsp3) is 0.308. The monoisotopic (exact) mass is 467 g/mol. The number of aliphatic hydroxyl groups is 2. The van der Waals surface area contributed by atoms with Crippen LogP contribution in [0.3, 0.4) is 0 Å². The number of carbonyl (C=O) groups is 3. The van der Waals surface area contributed by atoms with E-state index >= 15 is 0 Å². The van der Waals surface area contributed by atoms with E-state index in [0.29, 0.717) is 55.4 Å². The van der Waals surface area contributed by atoms with E-state index < -0.39 is 11.9 Å². The summed E-state index contributed by atoms with van der Waals surface area (Å²) in [7, 11) is 1.45. The third kappa shape index (κ3) is 8.54. The van der Waals surface area contributed by atoms with Gasteiger partial charge in [0.15, 0.2) is 11.5 Å². The number of aldehydes is 2. The van der Waals surface area contributed by atoms with E-state index in [1.807, 2.05) is 0 Å². The first-order chi connectivity index (χ1) is 16.5. The van der Waals surface area contributed by atoms with Gasteiger partial charge >= 0.3 is 5.97 Å². The Labute approximate surface area is 198 Å². The molecule has 0 bridgehead atoms. The van der Waals surface area contributed by atoms with E-state index in [-0.39, 0.29) is 17.3 Å². The molecule has 0 atom stereocenters. The number of aromatic nitrogens is 1. The van der Waals surface area contributed by atoms with Gasteiger partial charge in [0.2, 0.25) is 0 Å². The minimum Gasteiger partial charge on any atom is -0.513 e. The summed E-state index contributed by atoms with van der Waals surface area (Å²) in [6, 6.07) is 8.03. The molecule has 34 heavy (non-hydrogen) atoms. The molecule has 0 unspecified atom stereocenters. The Morgan fingerprint density at radius 1 is 0.941 bits per heavy atom. The highest BCUT2D eigenvalue weighted by molar-refractivity contribution is 5.91. The van der Waals surface area contributed by atoms with E-state index in [4.69, 9.17) is 9.47 Å². The number of pyridine rings is 1. The molecule has 1 aromatic carbocycles. The van der Waals surface area contributed by atoms with Gasteiger partial charge in [-0.1, -0.05) is 6.07 Å². The van der Waals surface area contributed by atoms with Gasteiger partial charge in [0, 0.05) is 44.0 Å². The Balaban J connectivity index is 2.37. The second-order valence-electron chi connectivity index (χ2n) is 7.50. The number of unbranched alkanes of at least 4 members (excludes halogenated alkanes) is 2. The first-order valence-corrected chi connectivity index (χ1v) is 10.9. The average Bonchev–Trinajstić information content (AvgIpc) is 2.84. The Morgan fingerprint density at radius 2 is 1.53 bits per heavy atom. The molecule has 0 aliphatic heterocycles. The summed E-state index contributed by atoms with van der Waals surface area (Å²) in [5.41, 5.74) is 0.946. The summed E-state index contributed by atoms with van der Waals surface area (Å²) in [4.78, 5) is 37.6. The molecule has 2 rings (SSSR count). The molecule has 8 heteroatoms. The molecule has 0 fully saturated rings. The van der Waals surface area contributed by atoms with Crippen molar-refractivity contribution in [3.63, 3.8) is 0 Å². The molecule has 2 aromatic rings. The number of aliphatic hydroxyl groups excluding tert-OH is 2. The predicted molar refractivity (Wildman–Crippen MR) is 126 cm³/mol. The SMILES string of the molecule is COc1ccc(C(C=C(O)CCCC=O)C=C(O)CCCC=O)cc1OC(=O)c1ccncc1. The van der Waals surface area contributed by atoms with Crippen molar-refractivity contribution in [1.82, 2.24) is 4.98 Å². The molecule has 0 aliphatic carbocycles. The minimum absolute atomic E-state index is 0.0648. The number of esters is 1. The molecule has 2 N–H and O–H groups in total. The van der Waals surface area contributed by atoms with Crippen molar-refractivity contribution < 1.29 is 34.1 Å². The molecule has 1 aromatic heterocycles. The highest BCUT2D eigenvalue weighted by Crippen LogP contribution is 2.33. The molecule has 8 nitrogen and oxygen atoms in total. The van der Waals surface area contributed by atoms with Gasteiger partial charge < -0.3 is 29.3 Å². The van der Waals surface area contributed by atoms with E-state index in [0.717, 1.165) is 12.6 Å². The number of rotatable bonds is 14. The molecule has 0 saturated carbocycles. The number of carbonyl (C=O) groups excluding carboxylic acids is 3. The van der Waals surface area contributed by atoms with Crippen LogP contribution in [0.2, 0.25) is 0 Å². The number of methoxy groups -OCH3 is 1. The van der Waals surface area contributed by atoms with Gasteiger partial charge in [-0.25, -0.2) is 4.79 Å². The Hall–Kier alpha value is -3.94. The largest absolute Gasteiger partial charge is 0.513 e. The number of nitrogens with zero attached hydrogens (tertiary/aromatic N) is 1. The van der Waals surface area contributed by atoms with Gasteiger partial charge in [-0.2, -0.15) is 0 Å². The molecule has 0 radical (unpaired) electrons. The molecular weight excluding hydrogens is 438 g/mol. The summed E-state index contributed by atoms with van der Waals surface area (Å²) in [5.74, 6) is -0.506. The van der Waals surface area contributed by atoms with Crippen molar-refractivity contribution in [3.05, 3.63) is 77.5 Å². The zero-order valence-electron chi connectivity index (χ0n) is 19.1. The topological polar surface area (TPSA) is 123 Å². The Bertz CT molecular complexity index is 985. The maximum atomic E-state index is 12.5. The first-order valence-electron chi connectivity index (χ1n) is 10.9. The third-order valence-corrected chi connectivity index (χ3v) is 4.94. The van der Waals surface area contributed by atoms with Gasteiger partial charge in [-0.05, 0) is 54.8 Å². The summed E-state index contributed by atoms with van der Waals surface area (Å²) < 4.78 is 10.9. The van der Waals surface area contributed by atoms with Gasteiger partial charge in [-0.15, -0.1) is 0 Å². The van der Waals surface area contributed by atoms with E-state index in [2.05, 4.69) is 4.98 Å². The lowest BCUT2D eigenvalue weighted by molar-refractivity contribution is -0.108. The fourth-order valence-electron chi connectivity index (χ4n) is 3.18. The lowest BCUT2D eigenvalue weighted by atomic mass is 9.95. The smallest absolute Gasteiger partial charge is 0.343 e. The highest BCUT2D eigenvalue weighted by atomic mass is 16.6. The van der Waals surface area contributed by atoms with Crippen LogP contribution in [0.4, 0.5) is 0 Å². The number of ether oxygens (including phenoxy) is 2. The van der Waals surface area contributed by atoms with Crippen LogP contribution in [-0.2, 0) is 9.59 Å². The van der Waals surface area contributed by atoms with Crippen LogP contribution in [0.1, 0.15) is 60.4 Å². The maximum absolute atomic E-state index is 12.5. The van der Waals surface area contributed by atoms with Gasteiger partial charge in [0.25, 0.3) is 0 Å². The zero-order valence-corrected chi connectivity index (χ0v) is 19.1. The lowest BCUT2D eigenvalue weighted by Gasteiger charge is -2.15. The van der Waals surface area contributed by atoms with E-state index in [1.54, 1.807) is 30.4 Å². The highest BCUT2D eigenvalue weighted by Gasteiger charge is 2.17. The van der Waals surface area contributed by atoms with Crippen LogP contribution in [0.25, 0.3) is 0 Å². The maximum Gasteiger partial charge on any atom is 0.343 e. The van der Waals surface area contributed by atoms with Gasteiger partial charge in [0.1, 0.15) is 12.6 Å². The number of benzene rings is 1. The third-order valence-electron chi connectivity index (χ3n) is 4.94. The summed E-state index contributed by atoms with van der Waals surface area (Å²) >= 11 is 0. The van der Waals surface area contributed by atoms with E-state index in [9.17, 15) is 24.6 Å². The van der Waals surface area contributed by atoms with Gasteiger partial charge in [0.05, 0.1) is 24.2 Å². The quantitative estimate of drug-likeness (QED) is 0.131. The Morgan fingerprint density at radius 3 is 2.06 bits per heavy atom. The standard InChI is InChI=1S/C26H29NO7/c1-33-24-9-8-20(18-25(24)34-26(32)19-10-12-27-13-11-19)21(16-22(30)6-2-4-14-28)17-23(31)7-3-5-15-29/h8-18,21,30-31H,2-7H2,1H3. The van der Waals surface area contributed by atoms with Gasteiger partial charge in [-0.3, -0.25) is 4.98 Å². The second kappa shape index (κ2) is 14.3. The summed E-state index contributed by atoms with van der Waals surface area (Å²) in [6.07, 6.45) is 9.91. The Kier molecular flexibility index (Phi) is 11.0. The van der Waals surface area contributed by atoms with Crippen molar-refractivity contribution in [2.45, 2.75) is 44.4 Å². The number of allylic oxidation sites excluding steroid dienone is 4. The fourth-order valence-corrected chi connectivity index (χ4v) is 3.18. The van der Waals surface area contributed by atoms with Crippen LogP contribution in [0.5, 0.6) is 11.5 Å². The molecule has 0 spiro atoms.